The largest absolute Gasteiger partial charge is 0.481 e. The van der Waals surface area contributed by atoms with Gasteiger partial charge in [0, 0.05) is 16.9 Å². The molecule has 1 N–H and O–H groups in total. The van der Waals surface area contributed by atoms with Crippen molar-refractivity contribution in [2.24, 2.45) is 5.92 Å². The number of Topliss-reactive ketones (excluding diaryl/α,β-unsaturated/α-hetero) is 1. The summed E-state index contributed by atoms with van der Waals surface area (Å²) in [7, 11) is 0. The molecule has 1 unspecified atom stereocenters. The van der Waals surface area contributed by atoms with Gasteiger partial charge in [-0.1, -0.05) is 13.0 Å². The summed E-state index contributed by atoms with van der Waals surface area (Å²) in [5.41, 5.74) is 1.70. The van der Waals surface area contributed by atoms with Crippen LogP contribution in [-0.2, 0) is 11.2 Å². The molecule has 0 aliphatic carbocycles. The van der Waals surface area contributed by atoms with Crippen LogP contribution in [0.25, 0.3) is 0 Å². The van der Waals surface area contributed by atoms with Gasteiger partial charge in [0.2, 0.25) is 0 Å². The molecule has 3 nitrogen and oxygen atoms in total. The minimum atomic E-state index is -0.800. The summed E-state index contributed by atoms with van der Waals surface area (Å²) in [6.45, 7) is 1.69. The first-order valence-corrected chi connectivity index (χ1v) is 7.08. The highest BCUT2D eigenvalue weighted by atomic mass is 32.2. The molecule has 1 heterocycles. The lowest BCUT2D eigenvalue weighted by atomic mass is 9.97. The van der Waals surface area contributed by atoms with E-state index in [9.17, 15) is 9.59 Å². The molecule has 1 aromatic rings. The topological polar surface area (TPSA) is 54.4 Å². The summed E-state index contributed by atoms with van der Waals surface area (Å²) in [4.78, 5) is 23.8. The Hall–Kier alpha value is -1.29. The molecule has 0 bridgehead atoms. The van der Waals surface area contributed by atoms with E-state index in [1.807, 2.05) is 18.2 Å². The third kappa shape index (κ3) is 2.93. The number of benzene rings is 1. The SMILES string of the molecule is CC(Cc1ccc2c(c1)C(=O)CCCS2)C(=O)O. The van der Waals surface area contributed by atoms with E-state index in [-0.39, 0.29) is 5.78 Å². The Bertz CT molecular complexity index is 482. The van der Waals surface area contributed by atoms with E-state index >= 15 is 0 Å². The molecule has 1 aliphatic heterocycles. The summed E-state index contributed by atoms with van der Waals surface area (Å²) in [6, 6.07) is 5.76. The maximum atomic E-state index is 11.9. The number of fused-ring (bicyclic) bond motifs is 1. The second kappa shape index (κ2) is 5.57. The van der Waals surface area contributed by atoms with Gasteiger partial charge in [-0.15, -0.1) is 11.8 Å². The van der Waals surface area contributed by atoms with Crippen molar-refractivity contribution in [1.82, 2.24) is 0 Å². The standard InChI is InChI=1S/C14H16O3S/c1-9(14(16)17)7-10-4-5-13-11(8-10)12(15)3-2-6-18-13/h4-5,8-9H,2-3,6-7H2,1H3,(H,16,17). The number of hydrogen-bond acceptors (Lipinski definition) is 3. The first-order chi connectivity index (χ1) is 8.58. The van der Waals surface area contributed by atoms with Crippen LogP contribution < -0.4 is 0 Å². The number of carbonyl (C=O) groups is 2. The Labute approximate surface area is 111 Å². The average molecular weight is 264 g/mol. The quantitative estimate of drug-likeness (QED) is 0.911. The molecule has 0 amide bonds. The van der Waals surface area contributed by atoms with Gasteiger partial charge in [-0.05, 0) is 36.3 Å². The Morgan fingerprint density at radius 2 is 2.28 bits per heavy atom. The monoisotopic (exact) mass is 264 g/mol. The van der Waals surface area contributed by atoms with Crippen molar-refractivity contribution in [2.75, 3.05) is 5.75 Å². The maximum absolute atomic E-state index is 11.9. The molecular weight excluding hydrogens is 248 g/mol. The van der Waals surface area contributed by atoms with Crippen molar-refractivity contribution in [2.45, 2.75) is 31.1 Å². The first kappa shape index (κ1) is 13.1. The van der Waals surface area contributed by atoms with Crippen molar-refractivity contribution in [1.29, 1.82) is 0 Å². The van der Waals surface area contributed by atoms with Gasteiger partial charge < -0.3 is 5.11 Å². The van der Waals surface area contributed by atoms with Gasteiger partial charge in [0.25, 0.3) is 0 Å². The molecule has 0 fully saturated rings. The van der Waals surface area contributed by atoms with E-state index in [2.05, 4.69) is 0 Å². The van der Waals surface area contributed by atoms with Crippen LogP contribution in [0.4, 0.5) is 0 Å². The van der Waals surface area contributed by atoms with Crippen molar-refractivity contribution in [3.8, 4) is 0 Å². The fraction of sp³-hybridized carbons (Fsp3) is 0.429. The fourth-order valence-corrected chi connectivity index (χ4v) is 3.04. The van der Waals surface area contributed by atoms with E-state index in [1.54, 1.807) is 18.7 Å². The molecular formula is C14H16O3S. The Balaban J connectivity index is 2.25. The lowest BCUT2D eigenvalue weighted by Gasteiger charge is -2.09. The summed E-state index contributed by atoms with van der Waals surface area (Å²) in [6.07, 6.45) is 1.98. The number of aliphatic carboxylic acids is 1. The summed E-state index contributed by atoms with van der Waals surface area (Å²) < 4.78 is 0. The minimum absolute atomic E-state index is 0.180. The Morgan fingerprint density at radius 1 is 1.50 bits per heavy atom. The Morgan fingerprint density at radius 3 is 3.00 bits per heavy atom. The highest BCUT2D eigenvalue weighted by Crippen LogP contribution is 2.30. The zero-order valence-corrected chi connectivity index (χ0v) is 11.1. The number of carboxylic acid groups (broad SMARTS) is 1. The zero-order valence-electron chi connectivity index (χ0n) is 10.3. The Kier molecular flexibility index (Phi) is 4.07. The van der Waals surface area contributed by atoms with Crippen LogP contribution >= 0.6 is 11.8 Å². The molecule has 1 atom stereocenters. The van der Waals surface area contributed by atoms with Crippen molar-refractivity contribution >= 4 is 23.5 Å². The lowest BCUT2D eigenvalue weighted by molar-refractivity contribution is -0.141. The number of carbonyl (C=O) groups excluding carboxylic acids is 1. The third-order valence-corrected chi connectivity index (χ3v) is 4.27. The number of rotatable bonds is 3. The summed E-state index contributed by atoms with van der Waals surface area (Å²) in [5, 5.41) is 8.91. The molecule has 96 valence electrons. The molecule has 0 saturated carbocycles. The number of thioether (sulfide) groups is 1. The highest BCUT2D eigenvalue weighted by molar-refractivity contribution is 7.99. The van der Waals surface area contributed by atoms with Crippen molar-refractivity contribution in [3.63, 3.8) is 0 Å². The van der Waals surface area contributed by atoms with E-state index < -0.39 is 11.9 Å². The average Bonchev–Trinajstić information content (AvgIpc) is 2.52. The van der Waals surface area contributed by atoms with Crippen LogP contribution in [0.3, 0.4) is 0 Å². The van der Waals surface area contributed by atoms with Gasteiger partial charge in [0.05, 0.1) is 5.92 Å². The normalized spacial score (nSPS) is 16.8. The summed E-state index contributed by atoms with van der Waals surface area (Å²) >= 11 is 1.71. The molecule has 4 heteroatoms. The molecule has 1 aliphatic rings. The van der Waals surface area contributed by atoms with Crippen LogP contribution in [-0.4, -0.2) is 22.6 Å². The van der Waals surface area contributed by atoms with E-state index in [0.29, 0.717) is 12.8 Å². The third-order valence-electron chi connectivity index (χ3n) is 3.11. The van der Waals surface area contributed by atoms with Crippen molar-refractivity contribution in [3.05, 3.63) is 29.3 Å². The number of hydrogen-bond donors (Lipinski definition) is 1. The van der Waals surface area contributed by atoms with Gasteiger partial charge in [-0.3, -0.25) is 9.59 Å². The minimum Gasteiger partial charge on any atom is -0.481 e. The van der Waals surface area contributed by atoms with Gasteiger partial charge in [0.1, 0.15) is 0 Å². The zero-order chi connectivity index (χ0) is 13.1. The van der Waals surface area contributed by atoms with Gasteiger partial charge in [0.15, 0.2) is 5.78 Å². The van der Waals surface area contributed by atoms with Crippen LogP contribution in [0.5, 0.6) is 0 Å². The second-order valence-electron chi connectivity index (χ2n) is 4.65. The summed E-state index contributed by atoms with van der Waals surface area (Å²) in [5.74, 6) is -0.0640. The van der Waals surface area contributed by atoms with Gasteiger partial charge in [-0.25, -0.2) is 0 Å². The van der Waals surface area contributed by atoms with Gasteiger partial charge >= 0.3 is 5.97 Å². The van der Waals surface area contributed by atoms with Crippen molar-refractivity contribution < 1.29 is 14.7 Å². The lowest BCUT2D eigenvalue weighted by Crippen LogP contribution is -2.12. The first-order valence-electron chi connectivity index (χ1n) is 6.09. The molecule has 0 spiro atoms. The molecule has 2 rings (SSSR count). The molecule has 0 radical (unpaired) electrons. The van der Waals surface area contributed by atoms with E-state index in [4.69, 9.17) is 5.11 Å². The maximum Gasteiger partial charge on any atom is 0.306 e. The smallest absolute Gasteiger partial charge is 0.306 e. The predicted octanol–water partition coefficient (Wildman–Crippen LogP) is 3.02. The fourth-order valence-electron chi connectivity index (χ4n) is 2.04. The predicted molar refractivity (Wildman–Crippen MR) is 71.2 cm³/mol. The van der Waals surface area contributed by atoms with Crippen LogP contribution in [0.15, 0.2) is 23.1 Å². The van der Waals surface area contributed by atoms with Crippen LogP contribution in [0.1, 0.15) is 35.7 Å². The highest BCUT2D eigenvalue weighted by Gasteiger charge is 2.18. The molecule has 1 aromatic carbocycles. The van der Waals surface area contributed by atoms with E-state index in [0.717, 1.165) is 28.2 Å². The molecule has 0 saturated heterocycles. The number of carboxylic acids is 1. The second-order valence-corrected chi connectivity index (χ2v) is 5.79. The van der Waals surface area contributed by atoms with Crippen LogP contribution in [0, 0.1) is 5.92 Å². The number of ketones is 1. The van der Waals surface area contributed by atoms with Gasteiger partial charge in [-0.2, -0.15) is 0 Å². The van der Waals surface area contributed by atoms with E-state index in [1.165, 1.54) is 0 Å². The molecule has 0 aromatic heterocycles. The van der Waals surface area contributed by atoms with Crippen LogP contribution in [0.2, 0.25) is 0 Å². The molecule has 18 heavy (non-hydrogen) atoms.